The molecule has 1 atom stereocenters. The van der Waals surface area contributed by atoms with Gasteiger partial charge in [0.15, 0.2) is 6.10 Å². The lowest BCUT2D eigenvalue weighted by Gasteiger charge is -2.14. The average Bonchev–Trinajstić information content (AvgIpc) is 3.15. The van der Waals surface area contributed by atoms with Gasteiger partial charge in [-0.25, -0.2) is 9.78 Å². The third-order valence-corrected chi connectivity index (χ3v) is 4.03. The van der Waals surface area contributed by atoms with Crippen LogP contribution in [-0.4, -0.2) is 27.9 Å². The molecule has 0 radical (unpaired) electrons. The topological polar surface area (TPSA) is 84.1 Å². The number of anilines is 1. The molecule has 1 unspecified atom stereocenters. The van der Waals surface area contributed by atoms with E-state index < -0.39 is 12.1 Å². The molecule has 1 aromatic heterocycles. The second-order valence-electron chi connectivity index (χ2n) is 6.43. The van der Waals surface area contributed by atoms with Crippen LogP contribution in [0.2, 0.25) is 0 Å². The number of aryl methyl sites for hydroxylation is 2. The normalized spacial score (nSPS) is 11.7. The highest BCUT2D eigenvalue weighted by Gasteiger charge is 2.19. The van der Waals surface area contributed by atoms with Gasteiger partial charge < -0.3 is 15.0 Å². The fourth-order valence-corrected chi connectivity index (χ4v) is 2.76. The first kappa shape index (κ1) is 18.4. The number of rotatable bonds is 5. The first-order valence-corrected chi connectivity index (χ1v) is 8.62. The highest BCUT2D eigenvalue weighted by atomic mass is 16.5. The van der Waals surface area contributed by atoms with E-state index in [9.17, 15) is 9.59 Å². The van der Waals surface area contributed by atoms with E-state index in [1.54, 1.807) is 43.6 Å². The van der Waals surface area contributed by atoms with Crippen LogP contribution in [0.3, 0.4) is 0 Å². The molecule has 27 heavy (non-hydrogen) atoms. The summed E-state index contributed by atoms with van der Waals surface area (Å²) in [6.07, 6.45) is 2.48. The van der Waals surface area contributed by atoms with Gasteiger partial charge in [0.25, 0.3) is 5.91 Å². The van der Waals surface area contributed by atoms with E-state index in [1.807, 2.05) is 32.0 Å². The molecule has 0 saturated heterocycles. The molecule has 0 spiro atoms. The van der Waals surface area contributed by atoms with Gasteiger partial charge in [-0.15, -0.1) is 0 Å². The molecule has 1 heterocycles. The Morgan fingerprint density at radius 2 is 1.74 bits per heavy atom. The number of carbonyl (C=O) groups excluding carboxylic acids is 2. The number of aromatic amines is 1. The lowest BCUT2D eigenvalue weighted by atomic mass is 10.1. The zero-order valence-corrected chi connectivity index (χ0v) is 15.4. The van der Waals surface area contributed by atoms with E-state index in [0.717, 1.165) is 22.5 Å². The zero-order chi connectivity index (χ0) is 19.4. The molecule has 1 amide bonds. The average molecular weight is 363 g/mol. The zero-order valence-electron chi connectivity index (χ0n) is 15.4. The van der Waals surface area contributed by atoms with Crippen molar-refractivity contribution in [1.29, 1.82) is 0 Å². The minimum Gasteiger partial charge on any atom is -0.449 e. The number of hydrogen-bond donors (Lipinski definition) is 2. The van der Waals surface area contributed by atoms with Crippen molar-refractivity contribution in [2.75, 3.05) is 5.32 Å². The van der Waals surface area contributed by atoms with Gasteiger partial charge >= 0.3 is 5.97 Å². The summed E-state index contributed by atoms with van der Waals surface area (Å²) in [5.41, 5.74) is 4.01. The van der Waals surface area contributed by atoms with Crippen molar-refractivity contribution < 1.29 is 14.3 Å². The maximum absolute atomic E-state index is 12.3. The van der Waals surface area contributed by atoms with Gasteiger partial charge in [-0.2, -0.15) is 0 Å². The van der Waals surface area contributed by atoms with Gasteiger partial charge in [0, 0.05) is 23.6 Å². The van der Waals surface area contributed by atoms with E-state index in [1.165, 1.54) is 0 Å². The van der Waals surface area contributed by atoms with E-state index in [4.69, 9.17) is 4.74 Å². The number of nitrogens with one attached hydrogen (secondary N) is 2. The smallest absolute Gasteiger partial charge is 0.338 e. The van der Waals surface area contributed by atoms with E-state index in [2.05, 4.69) is 15.3 Å². The summed E-state index contributed by atoms with van der Waals surface area (Å²) < 4.78 is 5.29. The molecule has 6 nitrogen and oxygen atoms in total. The molecule has 0 saturated carbocycles. The second kappa shape index (κ2) is 7.86. The Balaban J connectivity index is 1.61. The van der Waals surface area contributed by atoms with Crippen LogP contribution in [0, 0.1) is 13.8 Å². The van der Waals surface area contributed by atoms with Crippen molar-refractivity contribution in [1.82, 2.24) is 9.97 Å². The van der Waals surface area contributed by atoms with Crippen molar-refractivity contribution in [2.45, 2.75) is 26.9 Å². The summed E-state index contributed by atoms with van der Waals surface area (Å²) >= 11 is 0. The Kier molecular flexibility index (Phi) is 5.35. The highest BCUT2D eigenvalue weighted by Crippen LogP contribution is 2.17. The number of hydrogen-bond acceptors (Lipinski definition) is 4. The Morgan fingerprint density at radius 1 is 1.07 bits per heavy atom. The predicted molar refractivity (Wildman–Crippen MR) is 103 cm³/mol. The van der Waals surface area contributed by atoms with Crippen LogP contribution in [0.15, 0.2) is 54.9 Å². The van der Waals surface area contributed by atoms with E-state index in [-0.39, 0.29) is 5.91 Å². The van der Waals surface area contributed by atoms with Gasteiger partial charge in [0.2, 0.25) is 0 Å². The van der Waals surface area contributed by atoms with Crippen LogP contribution >= 0.6 is 0 Å². The molecule has 2 aromatic carbocycles. The van der Waals surface area contributed by atoms with Gasteiger partial charge in [0.1, 0.15) is 5.82 Å². The fraction of sp³-hybridized carbons (Fsp3) is 0.190. The standard InChI is InChI=1S/C21H21N3O3/c1-13-10-14(2)12-18(11-13)24-20(25)15(3)27-21(26)17-6-4-16(5-7-17)19-22-8-9-23-19/h4-12,15H,1-3H3,(H,22,23)(H,24,25). The summed E-state index contributed by atoms with van der Waals surface area (Å²) in [6.45, 7) is 5.46. The Bertz CT molecular complexity index is 927. The molecule has 2 N–H and O–H groups in total. The van der Waals surface area contributed by atoms with Crippen LogP contribution in [0.5, 0.6) is 0 Å². The predicted octanol–water partition coefficient (Wildman–Crippen LogP) is 3.88. The number of carbonyl (C=O) groups is 2. The number of H-pyrrole nitrogens is 1. The fourth-order valence-electron chi connectivity index (χ4n) is 2.76. The minimum atomic E-state index is -0.914. The minimum absolute atomic E-state index is 0.372. The van der Waals surface area contributed by atoms with Crippen molar-refractivity contribution in [3.8, 4) is 11.4 Å². The first-order chi connectivity index (χ1) is 12.9. The van der Waals surface area contributed by atoms with E-state index >= 15 is 0 Å². The molecule has 138 valence electrons. The molecule has 0 bridgehead atoms. The molecule has 0 aliphatic rings. The maximum Gasteiger partial charge on any atom is 0.338 e. The highest BCUT2D eigenvalue weighted by molar-refractivity contribution is 5.97. The third-order valence-electron chi connectivity index (χ3n) is 4.03. The van der Waals surface area contributed by atoms with Gasteiger partial charge in [-0.3, -0.25) is 4.79 Å². The number of esters is 1. The van der Waals surface area contributed by atoms with Crippen LogP contribution in [-0.2, 0) is 9.53 Å². The molecule has 0 aliphatic heterocycles. The van der Waals surface area contributed by atoms with Crippen molar-refractivity contribution in [3.63, 3.8) is 0 Å². The van der Waals surface area contributed by atoms with Crippen LogP contribution in [0.4, 0.5) is 5.69 Å². The summed E-state index contributed by atoms with van der Waals surface area (Å²) in [6, 6.07) is 12.6. The lowest BCUT2D eigenvalue weighted by Crippen LogP contribution is -2.30. The largest absolute Gasteiger partial charge is 0.449 e. The van der Waals surface area contributed by atoms with Gasteiger partial charge in [-0.1, -0.05) is 18.2 Å². The lowest BCUT2D eigenvalue weighted by molar-refractivity contribution is -0.123. The molecular weight excluding hydrogens is 342 g/mol. The molecule has 6 heteroatoms. The number of ether oxygens (including phenoxy) is 1. The monoisotopic (exact) mass is 363 g/mol. The Labute approximate surface area is 157 Å². The van der Waals surface area contributed by atoms with Crippen molar-refractivity contribution >= 4 is 17.6 Å². The summed E-state index contributed by atoms with van der Waals surface area (Å²) in [4.78, 5) is 31.8. The second-order valence-corrected chi connectivity index (χ2v) is 6.43. The number of nitrogens with zero attached hydrogens (tertiary/aromatic N) is 1. The molecule has 0 fully saturated rings. The summed E-state index contributed by atoms with van der Waals surface area (Å²) in [7, 11) is 0. The number of amides is 1. The molecule has 0 aliphatic carbocycles. The Morgan fingerprint density at radius 3 is 2.33 bits per heavy atom. The Hall–Kier alpha value is -3.41. The molecule has 3 aromatic rings. The third kappa shape index (κ3) is 4.61. The van der Waals surface area contributed by atoms with Crippen molar-refractivity contribution in [3.05, 3.63) is 71.5 Å². The molecular formula is C21H21N3O3. The number of benzene rings is 2. The summed E-state index contributed by atoms with van der Waals surface area (Å²) in [5.74, 6) is -0.208. The number of aromatic nitrogens is 2. The first-order valence-electron chi connectivity index (χ1n) is 8.62. The SMILES string of the molecule is Cc1cc(C)cc(NC(=O)C(C)OC(=O)c2ccc(-c3ncc[nH]3)cc2)c1. The number of imidazole rings is 1. The molecule has 3 rings (SSSR count). The maximum atomic E-state index is 12.3. The van der Waals surface area contributed by atoms with Gasteiger partial charge in [0.05, 0.1) is 5.56 Å². The quantitative estimate of drug-likeness (QED) is 0.674. The van der Waals surface area contributed by atoms with Crippen LogP contribution < -0.4 is 5.32 Å². The van der Waals surface area contributed by atoms with E-state index in [0.29, 0.717) is 11.3 Å². The summed E-state index contributed by atoms with van der Waals surface area (Å²) in [5, 5.41) is 2.78. The van der Waals surface area contributed by atoms with Crippen molar-refractivity contribution in [2.24, 2.45) is 0 Å². The van der Waals surface area contributed by atoms with Gasteiger partial charge in [-0.05, 0) is 56.2 Å². The van der Waals surface area contributed by atoms with Crippen LogP contribution in [0.25, 0.3) is 11.4 Å². The van der Waals surface area contributed by atoms with Crippen LogP contribution in [0.1, 0.15) is 28.4 Å².